The number of hydrogen-bond donors (Lipinski definition) is 2. The fraction of sp³-hybridized carbons (Fsp3) is 0. The molecule has 0 heterocycles. The first-order valence-electron chi connectivity index (χ1n) is 0.651. The summed E-state index contributed by atoms with van der Waals surface area (Å²) < 4.78 is 0. The lowest BCUT2D eigenvalue weighted by atomic mass is 11.5. The van der Waals surface area contributed by atoms with Gasteiger partial charge in [-0.3, -0.25) is 0 Å². The zero-order valence-corrected chi connectivity index (χ0v) is 1.80. The van der Waals surface area contributed by atoms with Gasteiger partial charge in [-0.15, -0.1) is 0 Å². The Morgan fingerprint density at radius 2 is 1.14 bits per heavy atom. The Morgan fingerprint density at radius 1 is 1.14 bits per heavy atom. The third-order valence-corrected chi connectivity index (χ3v) is 0. The van der Waals surface area contributed by atoms with Gasteiger partial charge in [-0.25, -0.2) is 4.79 Å². The summed E-state index contributed by atoms with van der Waals surface area (Å²) in [7, 11) is 0. The molecule has 6 heteroatoms. The van der Waals surface area contributed by atoms with Gasteiger partial charge in [0, 0.05) is 0 Å². The Balaban J connectivity index is -0.0000000150. The van der Waals surface area contributed by atoms with E-state index < -0.39 is 6.16 Å². The molecule has 0 amide bonds. The van der Waals surface area contributed by atoms with Gasteiger partial charge >= 0.3 is 52.3 Å². The van der Waals surface area contributed by atoms with Gasteiger partial charge in [0.2, 0.25) is 0 Å². The van der Waals surface area contributed by atoms with Gasteiger partial charge in [0.15, 0.2) is 17.4 Å². The summed E-state index contributed by atoms with van der Waals surface area (Å²) >= 11 is 0. The van der Waals surface area contributed by atoms with E-state index in [-0.39, 0.29) is 63.5 Å². The van der Waals surface area contributed by atoms with Crippen LogP contribution in [0.1, 0.15) is 0 Å². The van der Waals surface area contributed by atoms with Crippen molar-refractivity contribution < 1.29 is 15.0 Å². The second kappa shape index (κ2) is 15.7. The average Bonchev–Trinajstić information content (AvgIpc) is 0.811. The fourth-order valence-corrected chi connectivity index (χ4v) is 0. The maximum absolute atomic E-state index is 8.56. The van der Waals surface area contributed by atoms with E-state index in [9.17, 15) is 0 Å². The first kappa shape index (κ1) is 23.9. The van der Waals surface area contributed by atoms with Gasteiger partial charge in [-0.2, -0.15) is 0 Å². The monoisotopic (exact) mass is 144 g/mol. The van der Waals surface area contributed by atoms with Crippen LogP contribution in [0.25, 0.3) is 0 Å². The first-order chi connectivity index (χ1) is 1.73. The molecular weight excluding hydrogens is 136 g/mol. The summed E-state index contributed by atoms with van der Waals surface area (Å²) in [6, 6.07) is 0. The van der Waals surface area contributed by atoms with Crippen LogP contribution in [-0.4, -0.2) is 79.8 Å². The molecule has 0 saturated carbocycles. The molecule has 0 spiro atoms. The lowest BCUT2D eigenvalue weighted by molar-refractivity contribution is 0.137. The van der Waals surface area contributed by atoms with E-state index in [0.717, 1.165) is 0 Å². The summed E-state index contributed by atoms with van der Waals surface area (Å²) in [5.41, 5.74) is 0. The highest BCUT2D eigenvalue weighted by atomic mass is 27.0. The molecule has 0 saturated heterocycles. The Bertz CT molecular complexity index is 35.9. The smallest absolute Gasteiger partial charge is 0.450 e. The number of hydrogen-bond acceptors (Lipinski definition) is 1. The lowest BCUT2D eigenvalue weighted by Crippen LogP contribution is -1.81. The number of carbonyl (C=O) groups is 1. The van der Waals surface area contributed by atoms with Crippen LogP contribution in [0.3, 0.4) is 0 Å². The van der Waals surface area contributed by atoms with Crippen LogP contribution in [0.5, 0.6) is 0 Å². The van der Waals surface area contributed by atoms with Crippen molar-refractivity contribution in [3.05, 3.63) is 0 Å². The van der Waals surface area contributed by atoms with Gasteiger partial charge in [-0.05, 0) is 0 Å². The van der Waals surface area contributed by atoms with Crippen LogP contribution in [0.2, 0.25) is 0 Å². The van der Waals surface area contributed by atoms with E-state index in [2.05, 4.69) is 0 Å². The maximum atomic E-state index is 8.56. The van der Waals surface area contributed by atoms with E-state index in [1.807, 2.05) is 0 Å². The molecule has 7 heavy (non-hydrogen) atoms. The standard InChI is InChI=1S/CH2O3.Al.2Mg.7H/c2-1(3)4;;;;;;;;;;/h(H2,2,3,4);;;;;;;;;;. The van der Waals surface area contributed by atoms with Gasteiger partial charge in [-0.1, -0.05) is 0 Å². The van der Waals surface area contributed by atoms with Gasteiger partial charge < -0.3 is 10.2 Å². The summed E-state index contributed by atoms with van der Waals surface area (Å²) in [6.45, 7) is 0. The molecule has 0 aliphatic heterocycles. The maximum Gasteiger partial charge on any atom is 0.503 e. The summed E-state index contributed by atoms with van der Waals surface area (Å²) in [5, 5.41) is 13.9. The van der Waals surface area contributed by atoms with E-state index in [4.69, 9.17) is 15.0 Å². The molecule has 0 aliphatic carbocycles. The van der Waals surface area contributed by atoms with Crippen LogP contribution >= 0.6 is 0 Å². The fourth-order valence-electron chi connectivity index (χ4n) is 0. The Hall–Kier alpha value is 1.33. The highest BCUT2D eigenvalue weighted by Gasteiger charge is 1.70. The molecule has 0 fully saturated rings. The first-order valence-corrected chi connectivity index (χ1v) is 0.651. The highest BCUT2D eigenvalue weighted by molar-refractivity contribution is 5.76. The SMILES string of the molecule is O=C(O)O.[AlH3].[MgH2].[MgH2]. The molecule has 0 atom stereocenters. The molecule has 0 aromatic carbocycles. The van der Waals surface area contributed by atoms with Crippen molar-refractivity contribution in [2.45, 2.75) is 0 Å². The minimum atomic E-state index is -1.83. The second-order valence-electron chi connectivity index (χ2n) is 0.283. The minimum absolute atomic E-state index is 0. The van der Waals surface area contributed by atoms with Crippen molar-refractivity contribution >= 4 is 69.6 Å². The molecule has 0 radical (unpaired) electrons. The third-order valence-electron chi connectivity index (χ3n) is 0. The second-order valence-corrected chi connectivity index (χ2v) is 0.283. The number of carboxylic acid groups (broad SMARTS) is 2. The highest BCUT2D eigenvalue weighted by Crippen LogP contribution is 1.42. The molecule has 0 bridgehead atoms. The van der Waals surface area contributed by atoms with Gasteiger partial charge in [0.1, 0.15) is 0 Å². The summed E-state index contributed by atoms with van der Waals surface area (Å²) in [5.74, 6) is 0. The largest absolute Gasteiger partial charge is 0.503 e. The van der Waals surface area contributed by atoms with Crippen molar-refractivity contribution in [2.24, 2.45) is 0 Å². The Kier molecular flexibility index (Phi) is 53.4. The van der Waals surface area contributed by atoms with Crippen molar-refractivity contribution in [1.29, 1.82) is 0 Å². The van der Waals surface area contributed by atoms with Crippen molar-refractivity contribution in [1.82, 2.24) is 0 Å². The molecular formula is CH9AlMg2O3. The Labute approximate surface area is 83.9 Å². The van der Waals surface area contributed by atoms with Crippen LogP contribution < -0.4 is 0 Å². The van der Waals surface area contributed by atoms with E-state index >= 15 is 0 Å². The molecule has 0 aliphatic rings. The van der Waals surface area contributed by atoms with E-state index in [0.29, 0.717) is 0 Å². The van der Waals surface area contributed by atoms with Crippen molar-refractivity contribution in [2.75, 3.05) is 0 Å². The van der Waals surface area contributed by atoms with Crippen molar-refractivity contribution in [3.63, 3.8) is 0 Å². The van der Waals surface area contributed by atoms with Crippen LogP contribution in [0.15, 0.2) is 0 Å². The van der Waals surface area contributed by atoms with E-state index in [1.165, 1.54) is 0 Å². The van der Waals surface area contributed by atoms with E-state index in [1.54, 1.807) is 0 Å². The summed E-state index contributed by atoms with van der Waals surface area (Å²) in [4.78, 5) is 8.56. The predicted molar refractivity (Wildman–Crippen MR) is 37.7 cm³/mol. The molecule has 2 N–H and O–H groups in total. The third kappa shape index (κ3) is 117. The molecule has 0 rings (SSSR count). The normalized spacial score (nSPS) is 3.43. The zero-order valence-electron chi connectivity index (χ0n) is 1.80. The van der Waals surface area contributed by atoms with Crippen LogP contribution in [0, 0.1) is 0 Å². The number of rotatable bonds is 0. The van der Waals surface area contributed by atoms with Gasteiger partial charge in [0.05, 0.1) is 0 Å². The van der Waals surface area contributed by atoms with Gasteiger partial charge in [0.25, 0.3) is 0 Å². The molecule has 0 unspecified atom stereocenters. The van der Waals surface area contributed by atoms with Crippen LogP contribution in [0.4, 0.5) is 4.79 Å². The molecule has 3 nitrogen and oxygen atoms in total. The molecule has 0 aromatic heterocycles. The van der Waals surface area contributed by atoms with Crippen molar-refractivity contribution in [3.8, 4) is 0 Å². The summed E-state index contributed by atoms with van der Waals surface area (Å²) in [6.07, 6.45) is -1.83. The average molecular weight is 145 g/mol. The topological polar surface area (TPSA) is 57.5 Å². The van der Waals surface area contributed by atoms with Crippen LogP contribution in [-0.2, 0) is 0 Å². The molecule has 0 aromatic rings. The molecule has 38 valence electrons. The predicted octanol–water partition coefficient (Wildman–Crippen LogP) is -2.79. The lowest BCUT2D eigenvalue weighted by Gasteiger charge is -1.60. The zero-order chi connectivity index (χ0) is 3.58. The Morgan fingerprint density at radius 3 is 1.14 bits per heavy atom. The quantitative estimate of drug-likeness (QED) is 0.362. The minimum Gasteiger partial charge on any atom is -0.450 e.